The van der Waals surface area contributed by atoms with E-state index < -0.39 is 0 Å². The van der Waals surface area contributed by atoms with Gasteiger partial charge in [-0.15, -0.1) is 0 Å². The highest BCUT2D eigenvalue weighted by molar-refractivity contribution is 5.96. The lowest BCUT2D eigenvalue weighted by Crippen LogP contribution is -2.29. The maximum Gasteiger partial charge on any atom is 0.224 e. The molecule has 3 N–H and O–H groups in total. The van der Waals surface area contributed by atoms with Gasteiger partial charge in [-0.05, 0) is 49.9 Å². The Labute approximate surface area is 214 Å². The summed E-state index contributed by atoms with van der Waals surface area (Å²) < 4.78 is 0. The third-order valence-corrected chi connectivity index (χ3v) is 6.94. The van der Waals surface area contributed by atoms with Crippen molar-refractivity contribution in [1.82, 2.24) is 30.1 Å². The number of benzene rings is 1. The molecule has 1 aromatic carbocycles. The van der Waals surface area contributed by atoms with Crippen molar-refractivity contribution < 1.29 is 4.79 Å². The molecule has 0 aliphatic carbocycles. The van der Waals surface area contributed by atoms with Crippen LogP contribution < -0.4 is 10.2 Å². The Bertz CT molecular complexity index is 1560. The second-order valence-electron chi connectivity index (χ2n) is 9.61. The van der Waals surface area contributed by atoms with Crippen molar-refractivity contribution in [2.75, 3.05) is 23.3 Å². The number of pyridine rings is 2. The highest BCUT2D eigenvalue weighted by atomic mass is 16.1. The number of imidazole rings is 1. The Hall–Kier alpha value is -4.27. The fourth-order valence-electron chi connectivity index (χ4n) is 4.99. The number of H-pyrrole nitrogens is 2. The molecule has 0 radical (unpaired) electrons. The molecule has 1 aliphatic rings. The number of unbranched alkanes of at least 4 members (excludes halogenated alkanes) is 1. The number of hydrogen-bond acceptors (Lipinski definition) is 6. The van der Waals surface area contributed by atoms with Gasteiger partial charge in [0.05, 0.1) is 28.5 Å². The van der Waals surface area contributed by atoms with E-state index in [2.05, 4.69) is 60.5 Å². The van der Waals surface area contributed by atoms with Gasteiger partial charge in [-0.1, -0.05) is 19.4 Å². The summed E-state index contributed by atoms with van der Waals surface area (Å²) in [6.45, 7) is 4.19. The van der Waals surface area contributed by atoms with Crippen LogP contribution in [0.5, 0.6) is 0 Å². The lowest BCUT2D eigenvalue weighted by atomic mass is 10.1. The number of aromatic nitrogens is 6. The van der Waals surface area contributed by atoms with Gasteiger partial charge < -0.3 is 15.2 Å². The van der Waals surface area contributed by atoms with Crippen LogP contribution in [-0.2, 0) is 4.79 Å². The molecule has 0 atom stereocenters. The molecule has 0 bridgehead atoms. The fourth-order valence-corrected chi connectivity index (χ4v) is 4.99. The first-order valence-electron chi connectivity index (χ1n) is 13.0. The van der Waals surface area contributed by atoms with E-state index in [1.165, 1.54) is 24.9 Å². The lowest BCUT2D eigenvalue weighted by Gasteiger charge is -2.28. The molecule has 188 valence electrons. The molecule has 37 heavy (non-hydrogen) atoms. The van der Waals surface area contributed by atoms with Gasteiger partial charge >= 0.3 is 0 Å². The van der Waals surface area contributed by atoms with Crippen LogP contribution in [0.2, 0.25) is 0 Å². The Balaban J connectivity index is 1.34. The number of amides is 1. The molecule has 0 saturated carbocycles. The third kappa shape index (κ3) is 4.64. The van der Waals surface area contributed by atoms with Gasteiger partial charge in [-0.25, -0.2) is 9.97 Å². The molecule has 6 rings (SSSR count). The van der Waals surface area contributed by atoms with Crippen molar-refractivity contribution in [2.24, 2.45) is 0 Å². The molecule has 1 saturated heterocycles. The maximum atomic E-state index is 12.2. The van der Waals surface area contributed by atoms with E-state index in [1.54, 1.807) is 18.6 Å². The predicted molar refractivity (Wildman–Crippen MR) is 146 cm³/mol. The van der Waals surface area contributed by atoms with Gasteiger partial charge in [0.2, 0.25) is 5.91 Å². The number of piperidine rings is 1. The number of hydrogen-bond donors (Lipinski definition) is 3. The van der Waals surface area contributed by atoms with E-state index >= 15 is 0 Å². The molecule has 5 heterocycles. The lowest BCUT2D eigenvalue weighted by molar-refractivity contribution is -0.116. The number of nitrogens with zero attached hydrogens (tertiary/aromatic N) is 5. The zero-order valence-corrected chi connectivity index (χ0v) is 20.9. The SMILES string of the molecule is CCCCC(=O)Nc1cncc(-c2cnc3[nH]nc(-c4nc5c(N6CCCCC6)cccc5[nH]4)c3c2)c1. The molecule has 1 fully saturated rings. The summed E-state index contributed by atoms with van der Waals surface area (Å²) in [4.78, 5) is 32.0. The summed E-state index contributed by atoms with van der Waals surface area (Å²) in [7, 11) is 0. The molecule has 1 amide bonds. The number of nitrogens with one attached hydrogen (secondary N) is 3. The summed E-state index contributed by atoms with van der Waals surface area (Å²) in [6, 6.07) is 10.3. The minimum absolute atomic E-state index is 0.000283. The number of carbonyl (C=O) groups is 1. The van der Waals surface area contributed by atoms with Crippen LogP contribution in [0.25, 0.3) is 44.7 Å². The van der Waals surface area contributed by atoms with Crippen LogP contribution in [0, 0.1) is 0 Å². The molecule has 5 aromatic rings. The van der Waals surface area contributed by atoms with E-state index in [4.69, 9.17) is 4.98 Å². The van der Waals surface area contributed by atoms with Gasteiger partial charge in [0.15, 0.2) is 11.5 Å². The Morgan fingerprint density at radius 2 is 1.95 bits per heavy atom. The van der Waals surface area contributed by atoms with E-state index in [1.807, 2.05) is 12.1 Å². The standard InChI is InChI=1S/C28H30N8O/c1-2-3-10-24(37)31-20-13-18(15-29-17-20)19-14-21-25(34-35-27(21)30-16-19)28-32-22-8-7-9-23(26(22)33-28)36-11-5-4-6-12-36/h7-9,13-17H,2-6,10-12H2,1H3,(H,31,37)(H,32,33)(H,30,34,35). The molecule has 4 aromatic heterocycles. The summed E-state index contributed by atoms with van der Waals surface area (Å²) in [5, 5.41) is 11.4. The highest BCUT2D eigenvalue weighted by Gasteiger charge is 2.19. The van der Waals surface area contributed by atoms with E-state index in [0.29, 0.717) is 23.6 Å². The van der Waals surface area contributed by atoms with Crippen LogP contribution in [-0.4, -0.2) is 49.1 Å². The Kier molecular flexibility index (Phi) is 6.26. The maximum absolute atomic E-state index is 12.2. The number of para-hydroxylation sites is 1. The second-order valence-corrected chi connectivity index (χ2v) is 9.61. The van der Waals surface area contributed by atoms with Crippen molar-refractivity contribution in [1.29, 1.82) is 0 Å². The average Bonchev–Trinajstić information content (AvgIpc) is 3.56. The largest absolute Gasteiger partial charge is 0.370 e. The normalized spacial score (nSPS) is 13.9. The molecular weight excluding hydrogens is 464 g/mol. The number of fused-ring (bicyclic) bond motifs is 2. The minimum Gasteiger partial charge on any atom is -0.370 e. The van der Waals surface area contributed by atoms with Crippen molar-refractivity contribution >= 4 is 39.3 Å². The number of carbonyl (C=O) groups excluding carboxylic acids is 1. The quantitative estimate of drug-likeness (QED) is 0.268. The molecular formula is C28H30N8O. The van der Waals surface area contributed by atoms with Crippen molar-refractivity contribution in [3.05, 3.63) is 48.9 Å². The van der Waals surface area contributed by atoms with Crippen LogP contribution >= 0.6 is 0 Å². The van der Waals surface area contributed by atoms with Gasteiger partial charge in [-0.3, -0.25) is 14.9 Å². The molecule has 0 spiro atoms. The van der Waals surface area contributed by atoms with Crippen LogP contribution in [0.3, 0.4) is 0 Å². The topological polar surface area (TPSA) is 115 Å². The van der Waals surface area contributed by atoms with Crippen molar-refractivity contribution in [3.8, 4) is 22.6 Å². The summed E-state index contributed by atoms with van der Waals surface area (Å²) in [5.41, 5.74) is 6.97. The zero-order chi connectivity index (χ0) is 25.2. The first-order valence-corrected chi connectivity index (χ1v) is 13.0. The molecule has 0 unspecified atom stereocenters. The molecule has 9 heteroatoms. The summed E-state index contributed by atoms with van der Waals surface area (Å²) in [5.74, 6) is 0.708. The van der Waals surface area contributed by atoms with Crippen molar-refractivity contribution in [3.63, 3.8) is 0 Å². The van der Waals surface area contributed by atoms with Crippen molar-refractivity contribution in [2.45, 2.75) is 45.4 Å². The summed E-state index contributed by atoms with van der Waals surface area (Å²) in [6.07, 6.45) is 11.3. The van der Waals surface area contributed by atoms with Gasteiger partial charge in [0.1, 0.15) is 11.2 Å². The highest BCUT2D eigenvalue weighted by Crippen LogP contribution is 2.33. The predicted octanol–water partition coefficient (Wildman–Crippen LogP) is 5.68. The third-order valence-electron chi connectivity index (χ3n) is 6.94. The smallest absolute Gasteiger partial charge is 0.224 e. The monoisotopic (exact) mass is 494 g/mol. The van der Waals surface area contributed by atoms with Gasteiger partial charge in [0.25, 0.3) is 0 Å². The van der Waals surface area contributed by atoms with Gasteiger partial charge in [0, 0.05) is 43.0 Å². The Morgan fingerprint density at radius 1 is 1.08 bits per heavy atom. The molecule has 9 nitrogen and oxygen atoms in total. The first-order chi connectivity index (χ1) is 18.2. The average molecular weight is 495 g/mol. The van der Waals surface area contributed by atoms with E-state index in [0.717, 1.165) is 59.2 Å². The van der Waals surface area contributed by atoms with Crippen LogP contribution in [0.4, 0.5) is 11.4 Å². The second kappa shape index (κ2) is 10.0. The van der Waals surface area contributed by atoms with E-state index in [9.17, 15) is 4.79 Å². The Morgan fingerprint density at radius 3 is 2.81 bits per heavy atom. The first kappa shape index (κ1) is 23.1. The number of anilines is 2. The number of aromatic amines is 2. The summed E-state index contributed by atoms with van der Waals surface area (Å²) >= 11 is 0. The van der Waals surface area contributed by atoms with E-state index in [-0.39, 0.29) is 5.91 Å². The minimum atomic E-state index is 0.000283. The van der Waals surface area contributed by atoms with Crippen LogP contribution in [0.15, 0.2) is 48.9 Å². The van der Waals surface area contributed by atoms with Crippen LogP contribution in [0.1, 0.15) is 45.4 Å². The van der Waals surface area contributed by atoms with Gasteiger partial charge in [-0.2, -0.15) is 5.10 Å². The molecule has 1 aliphatic heterocycles. The zero-order valence-electron chi connectivity index (χ0n) is 20.9. The fraction of sp³-hybridized carbons (Fsp3) is 0.321. The number of rotatable bonds is 7.